The van der Waals surface area contributed by atoms with Crippen molar-refractivity contribution in [2.45, 2.75) is 38.0 Å². The van der Waals surface area contributed by atoms with Crippen LogP contribution >= 0.6 is 0 Å². The number of aromatic carboxylic acids is 1. The van der Waals surface area contributed by atoms with Gasteiger partial charge in [-0.2, -0.15) is 0 Å². The van der Waals surface area contributed by atoms with Crippen molar-refractivity contribution in [1.82, 2.24) is 19.9 Å². The monoisotopic (exact) mass is 344 g/mol. The third kappa shape index (κ3) is 4.03. The summed E-state index contributed by atoms with van der Waals surface area (Å²) in [6.07, 6.45) is 2.82. The second-order valence-corrected chi connectivity index (χ2v) is 6.15. The molecule has 1 fully saturated rings. The number of carboxylic acids is 1. The molecule has 1 saturated heterocycles. The first kappa shape index (κ1) is 17.1. The van der Waals surface area contributed by atoms with Gasteiger partial charge in [0.05, 0.1) is 12.3 Å². The van der Waals surface area contributed by atoms with Gasteiger partial charge in [-0.1, -0.05) is 35.5 Å². The molecule has 1 aromatic carbocycles. The number of aliphatic hydroxyl groups is 1. The molecule has 132 valence electrons. The van der Waals surface area contributed by atoms with Gasteiger partial charge in [0.25, 0.3) is 0 Å². The van der Waals surface area contributed by atoms with Gasteiger partial charge in [0.15, 0.2) is 5.69 Å². The fourth-order valence-corrected chi connectivity index (χ4v) is 3.18. The number of benzene rings is 1. The summed E-state index contributed by atoms with van der Waals surface area (Å²) < 4.78 is 1.23. The number of nitrogens with zero attached hydrogens (tertiary/aromatic N) is 4. The second kappa shape index (κ2) is 7.43. The van der Waals surface area contributed by atoms with Crippen LogP contribution < -0.4 is 0 Å². The maximum atomic E-state index is 12.5. The molecular weight excluding hydrogens is 324 g/mol. The van der Waals surface area contributed by atoms with Crippen LogP contribution in [0, 0.1) is 0 Å². The zero-order valence-electron chi connectivity index (χ0n) is 13.7. The Balaban J connectivity index is 1.62. The van der Waals surface area contributed by atoms with Crippen molar-refractivity contribution in [3.63, 3.8) is 0 Å². The first-order chi connectivity index (χ1) is 12.0. The lowest BCUT2D eigenvalue weighted by Gasteiger charge is -2.26. The Morgan fingerprint density at radius 1 is 1.28 bits per heavy atom. The first-order valence-corrected chi connectivity index (χ1v) is 8.20. The van der Waals surface area contributed by atoms with Crippen molar-refractivity contribution < 1.29 is 19.8 Å². The van der Waals surface area contributed by atoms with E-state index in [-0.39, 0.29) is 24.2 Å². The quantitative estimate of drug-likeness (QED) is 0.812. The summed E-state index contributed by atoms with van der Waals surface area (Å²) in [7, 11) is 0. The van der Waals surface area contributed by atoms with Gasteiger partial charge in [0.1, 0.15) is 6.54 Å². The highest BCUT2D eigenvalue weighted by Crippen LogP contribution is 2.27. The van der Waals surface area contributed by atoms with Gasteiger partial charge in [0.2, 0.25) is 5.91 Å². The predicted octanol–water partition coefficient (Wildman–Crippen LogP) is 1.09. The zero-order chi connectivity index (χ0) is 17.8. The number of carboxylic acid groups (broad SMARTS) is 1. The fourth-order valence-electron chi connectivity index (χ4n) is 3.18. The number of amides is 1. The van der Waals surface area contributed by atoms with Crippen LogP contribution in [-0.4, -0.2) is 54.6 Å². The van der Waals surface area contributed by atoms with E-state index in [1.165, 1.54) is 10.9 Å². The average molecular weight is 344 g/mol. The molecule has 0 bridgehead atoms. The van der Waals surface area contributed by atoms with Crippen LogP contribution in [0.4, 0.5) is 0 Å². The maximum absolute atomic E-state index is 12.5. The number of hydrogen-bond acceptors (Lipinski definition) is 5. The third-order valence-corrected chi connectivity index (χ3v) is 4.43. The minimum absolute atomic E-state index is 0.0369. The summed E-state index contributed by atoms with van der Waals surface area (Å²) in [5, 5.41) is 26.4. The Morgan fingerprint density at radius 3 is 2.72 bits per heavy atom. The molecule has 0 aliphatic carbocycles. The van der Waals surface area contributed by atoms with Gasteiger partial charge in [-0.3, -0.25) is 4.79 Å². The van der Waals surface area contributed by atoms with E-state index in [0.29, 0.717) is 13.0 Å². The smallest absolute Gasteiger partial charge is 0.358 e. The number of aliphatic hydroxyl groups excluding tert-OH is 1. The molecule has 8 nitrogen and oxygen atoms in total. The van der Waals surface area contributed by atoms with Gasteiger partial charge >= 0.3 is 5.97 Å². The van der Waals surface area contributed by atoms with Crippen molar-refractivity contribution >= 4 is 11.9 Å². The van der Waals surface area contributed by atoms with Crippen molar-refractivity contribution in [2.24, 2.45) is 0 Å². The van der Waals surface area contributed by atoms with E-state index in [1.807, 2.05) is 30.3 Å². The molecule has 25 heavy (non-hydrogen) atoms. The third-order valence-electron chi connectivity index (χ3n) is 4.43. The van der Waals surface area contributed by atoms with E-state index < -0.39 is 12.1 Å². The molecule has 2 atom stereocenters. The topological polar surface area (TPSA) is 109 Å². The number of carbonyl (C=O) groups excluding carboxylic acids is 1. The minimum atomic E-state index is -1.18. The SMILES string of the molecule is O=C(O)c1cn(CC(=O)N2CCCC2CC(O)c2ccccc2)nn1. The van der Waals surface area contributed by atoms with Crippen LogP contribution in [0.25, 0.3) is 0 Å². The molecule has 2 unspecified atom stereocenters. The number of likely N-dealkylation sites (tertiary alicyclic amines) is 1. The molecule has 1 aromatic heterocycles. The van der Waals surface area contributed by atoms with Gasteiger partial charge in [-0.05, 0) is 24.8 Å². The van der Waals surface area contributed by atoms with Crippen molar-refractivity contribution in [3.8, 4) is 0 Å². The van der Waals surface area contributed by atoms with Crippen LogP contribution in [0.3, 0.4) is 0 Å². The molecule has 2 aromatic rings. The molecule has 1 amide bonds. The molecule has 0 spiro atoms. The lowest BCUT2D eigenvalue weighted by molar-refractivity contribution is -0.133. The first-order valence-electron chi connectivity index (χ1n) is 8.20. The molecule has 8 heteroatoms. The predicted molar refractivity (Wildman–Crippen MR) is 87.7 cm³/mol. The number of carbonyl (C=O) groups is 2. The van der Waals surface area contributed by atoms with Crippen LogP contribution in [0.5, 0.6) is 0 Å². The Hall–Kier alpha value is -2.74. The normalized spacial score (nSPS) is 18.3. The lowest BCUT2D eigenvalue weighted by atomic mass is 10.0. The highest BCUT2D eigenvalue weighted by molar-refractivity contribution is 5.84. The molecule has 3 rings (SSSR count). The molecular formula is C17H20N4O4. The Labute approximate surface area is 144 Å². The number of aromatic nitrogens is 3. The molecule has 0 radical (unpaired) electrons. The van der Waals surface area contributed by atoms with Crippen LogP contribution in [-0.2, 0) is 11.3 Å². The highest BCUT2D eigenvalue weighted by atomic mass is 16.4. The molecule has 1 aliphatic heterocycles. The summed E-state index contributed by atoms with van der Waals surface area (Å²) in [5.41, 5.74) is 0.648. The Morgan fingerprint density at radius 2 is 2.04 bits per heavy atom. The summed E-state index contributed by atoms with van der Waals surface area (Å²) in [5.74, 6) is -1.33. The highest BCUT2D eigenvalue weighted by Gasteiger charge is 2.31. The number of rotatable bonds is 6. The van der Waals surface area contributed by atoms with Crippen molar-refractivity contribution in [3.05, 3.63) is 47.8 Å². The second-order valence-electron chi connectivity index (χ2n) is 6.15. The fraction of sp³-hybridized carbons (Fsp3) is 0.412. The van der Waals surface area contributed by atoms with Gasteiger partial charge < -0.3 is 15.1 Å². The van der Waals surface area contributed by atoms with Crippen molar-refractivity contribution in [1.29, 1.82) is 0 Å². The van der Waals surface area contributed by atoms with E-state index in [9.17, 15) is 14.7 Å². The molecule has 1 aliphatic rings. The Kier molecular flexibility index (Phi) is 5.08. The van der Waals surface area contributed by atoms with Crippen molar-refractivity contribution in [2.75, 3.05) is 6.54 Å². The van der Waals surface area contributed by atoms with E-state index in [4.69, 9.17) is 5.11 Å². The van der Waals surface area contributed by atoms with E-state index >= 15 is 0 Å². The van der Waals surface area contributed by atoms with Crippen LogP contribution in [0.1, 0.15) is 41.4 Å². The minimum Gasteiger partial charge on any atom is -0.476 e. The van der Waals surface area contributed by atoms with Crippen LogP contribution in [0.2, 0.25) is 0 Å². The van der Waals surface area contributed by atoms with E-state index in [0.717, 1.165) is 18.4 Å². The molecule has 2 heterocycles. The lowest BCUT2D eigenvalue weighted by Crippen LogP contribution is -2.38. The molecule has 2 N–H and O–H groups in total. The van der Waals surface area contributed by atoms with Gasteiger partial charge in [0, 0.05) is 12.6 Å². The average Bonchev–Trinajstić information content (AvgIpc) is 3.25. The van der Waals surface area contributed by atoms with E-state index in [1.54, 1.807) is 4.90 Å². The molecule has 0 saturated carbocycles. The zero-order valence-corrected chi connectivity index (χ0v) is 13.7. The summed E-state index contributed by atoms with van der Waals surface area (Å²) in [6, 6.07) is 9.35. The standard InChI is InChI=1S/C17H20N4O4/c22-15(12-5-2-1-3-6-12)9-13-7-4-8-21(13)16(23)11-20-10-14(17(24)25)18-19-20/h1-3,5-6,10,13,15,22H,4,7-9,11H2,(H,24,25). The Bertz CT molecular complexity index is 746. The number of hydrogen-bond donors (Lipinski definition) is 2. The summed E-state index contributed by atoms with van der Waals surface area (Å²) in [4.78, 5) is 25.1. The van der Waals surface area contributed by atoms with Gasteiger partial charge in [-0.15, -0.1) is 5.10 Å². The van der Waals surface area contributed by atoms with Gasteiger partial charge in [-0.25, -0.2) is 9.48 Å². The summed E-state index contributed by atoms with van der Waals surface area (Å²) in [6.45, 7) is 0.573. The summed E-state index contributed by atoms with van der Waals surface area (Å²) >= 11 is 0. The largest absolute Gasteiger partial charge is 0.476 e. The maximum Gasteiger partial charge on any atom is 0.358 e. The van der Waals surface area contributed by atoms with E-state index in [2.05, 4.69) is 10.3 Å². The van der Waals surface area contributed by atoms with Crippen LogP contribution in [0.15, 0.2) is 36.5 Å².